The van der Waals surface area contributed by atoms with Crippen molar-refractivity contribution in [2.75, 3.05) is 13.2 Å². The largest absolute Gasteiger partial charge is 0.462 e. The van der Waals surface area contributed by atoms with E-state index in [0.29, 0.717) is 19.3 Å². The molecule has 0 saturated carbocycles. The van der Waals surface area contributed by atoms with E-state index in [0.717, 1.165) is 89.9 Å². The van der Waals surface area contributed by atoms with E-state index in [4.69, 9.17) is 14.2 Å². The highest BCUT2D eigenvalue weighted by Crippen LogP contribution is 2.13. The van der Waals surface area contributed by atoms with Crippen LogP contribution < -0.4 is 0 Å². The molecule has 0 bridgehead atoms. The Morgan fingerprint density at radius 1 is 0.344 bits per heavy atom. The van der Waals surface area contributed by atoms with Gasteiger partial charge in [0.2, 0.25) is 0 Å². The summed E-state index contributed by atoms with van der Waals surface area (Å²) in [4.78, 5) is 37.9. The van der Waals surface area contributed by atoms with Gasteiger partial charge in [0, 0.05) is 19.3 Å². The summed E-state index contributed by atoms with van der Waals surface area (Å²) < 4.78 is 16.7. The number of unbranched alkanes of at least 4 members (excludes halogenated alkanes) is 19. The molecule has 348 valence electrons. The minimum atomic E-state index is -0.820. The Morgan fingerprint density at radius 3 is 1.11 bits per heavy atom. The summed E-state index contributed by atoms with van der Waals surface area (Å²) in [5.74, 6) is -1.01. The molecule has 0 radical (unpaired) electrons. The van der Waals surface area contributed by atoms with Crippen molar-refractivity contribution in [3.8, 4) is 0 Å². The monoisotopic (exact) mass is 849 g/mol. The molecule has 0 fully saturated rings. The fourth-order valence-electron chi connectivity index (χ4n) is 6.60. The molecule has 0 aromatic rings. The highest BCUT2D eigenvalue weighted by molar-refractivity contribution is 5.71. The van der Waals surface area contributed by atoms with E-state index in [2.05, 4.69) is 93.7 Å². The molecule has 0 aromatic carbocycles. The van der Waals surface area contributed by atoms with Crippen LogP contribution in [-0.2, 0) is 28.6 Å². The summed E-state index contributed by atoms with van der Waals surface area (Å²) in [6.07, 6.45) is 62.9. The quantitative estimate of drug-likeness (QED) is 0.0263. The Hall–Kier alpha value is -3.41. The van der Waals surface area contributed by atoms with Gasteiger partial charge in [0.25, 0.3) is 0 Å². The minimum Gasteiger partial charge on any atom is -0.462 e. The number of esters is 3. The molecule has 0 saturated heterocycles. The van der Waals surface area contributed by atoms with Crippen LogP contribution in [0.25, 0.3) is 0 Å². The van der Waals surface area contributed by atoms with Gasteiger partial charge in [-0.2, -0.15) is 0 Å². The Morgan fingerprint density at radius 2 is 0.672 bits per heavy atom. The average molecular weight is 849 g/mol. The third-order valence-electron chi connectivity index (χ3n) is 10.4. The lowest BCUT2D eigenvalue weighted by atomic mass is 10.1. The van der Waals surface area contributed by atoms with Crippen molar-refractivity contribution >= 4 is 17.9 Å². The van der Waals surface area contributed by atoms with Gasteiger partial charge in [-0.3, -0.25) is 14.4 Å². The van der Waals surface area contributed by atoms with Crippen LogP contribution in [0.1, 0.15) is 226 Å². The number of ether oxygens (including phenoxy) is 3. The molecule has 0 amide bonds. The van der Waals surface area contributed by atoms with Crippen LogP contribution >= 0.6 is 0 Å². The van der Waals surface area contributed by atoms with Crippen LogP contribution in [0.3, 0.4) is 0 Å². The minimum absolute atomic E-state index is 0.112. The molecule has 61 heavy (non-hydrogen) atoms. The zero-order valence-corrected chi connectivity index (χ0v) is 39.7. The van der Waals surface area contributed by atoms with Gasteiger partial charge in [0.1, 0.15) is 13.2 Å². The smallest absolute Gasteiger partial charge is 0.306 e. The molecule has 0 aliphatic rings. The van der Waals surface area contributed by atoms with Gasteiger partial charge in [-0.25, -0.2) is 0 Å². The second-order valence-corrected chi connectivity index (χ2v) is 16.3. The first-order valence-electron chi connectivity index (χ1n) is 25.1. The SMILES string of the molecule is CC/C=C\C/C=C\C/C=C\C/C=C\CCC(=O)OC(COC(=O)CCCCCCC/C=C\CCCCC)COC(=O)CCCCCCCCC/C=C\C/C=C\CCCCCC. The molecule has 0 aliphatic carbocycles. The summed E-state index contributed by atoms with van der Waals surface area (Å²) in [6, 6.07) is 0. The number of hydrogen-bond acceptors (Lipinski definition) is 6. The summed E-state index contributed by atoms with van der Waals surface area (Å²) >= 11 is 0. The molecule has 0 N–H and O–H groups in total. The lowest BCUT2D eigenvalue weighted by Crippen LogP contribution is -2.30. The molecule has 1 unspecified atom stereocenters. The third-order valence-corrected chi connectivity index (χ3v) is 10.4. The first kappa shape index (κ1) is 57.6. The molecule has 0 aliphatic heterocycles. The summed E-state index contributed by atoms with van der Waals surface area (Å²) in [5.41, 5.74) is 0. The molecule has 0 spiro atoms. The third kappa shape index (κ3) is 47.5. The fraction of sp³-hybridized carbons (Fsp3) is 0.691. The second-order valence-electron chi connectivity index (χ2n) is 16.3. The van der Waals surface area contributed by atoms with E-state index in [1.807, 2.05) is 12.2 Å². The van der Waals surface area contributed by atoms with Gasteiger partial charge in [-0.05, 0) is 103 Å². The van der Waals surface area contributed by atoms with Crippen LogP contribution in [0.4, 0.5) is 0 Å². The lowest BCUT2D eigenvalue weighted by Gasteiger charge is -2.18. The number of carbonyl (C=O) groups is 3. The molecule has 6 nitrogen and oxygen atoms in total. The Labute approximate surface area is 375 Å². The number of carbonyl (C=O) groups excluding carboxylic acids is 3. The number of rotatable bonds is 44. The predicted molar refractivity (Wildman–Crippen MR) is 261 cm³/mol. The highest BCUT2D eigenvalue weighted by Gasteiger charge is 2.19. The van der Waals surface area contributed by atoms with E-state index >= 15 is 0 Å². The second kappa shape index (κ2) is 49.2. The average Bonchev–Trinajstić information content (AvgIpc) is 3.26. The maximum Gasteiger partial charge on any atom is 0.306 e. The summed E-state index contributed by atoms with van der Waals surface area (Å²) in [5, 5.41) is 0. The van der Waals surface area contributed by atoms with Crippen molar-refractivity contribution in [3.63, 3.8) is 0 Å². The molecular formula is C55H92O6. The maximum absolute atomic E-state index is 12.7. The van der Waals surface area contributed by atoms with Gasteiger partial charge in [0.05, 0.1) is 0 Å². The van der Waals surface area contributed by atoms with Crippen LogP contribution in [0, 0.1) is 0 Å². The van der Waals surface area contributed by atoms with Gasteiger partial charge >= 0.3 is 17.9 Å². The highest BCUT2D eigenvalue weighted by atomic mass is 16.6. The maximum atomic E-state index is 12.7. The zero-order chi connectivity index (χ0) is 44.4. The van der Waals surface area contributed by atoms with E-state index in [1.54, 1.807) is 0 Å². The lowest BCUT2D eigenvalue weighted by molar-refractivity contribution is -0.166. The van der Waals surface area contributed by atoms with Crippen LogP contribution in [0.2, 0.25) is 0 Å². The summed E-state index contributed by atoms with van der Waals surface area (Å²) in [7, 11) is 0. The topological polar surface area (TPSA) is 78.9 Å². The molecule has 1 atom stereocenters. The summed E-state index contributed by atoms with van der Waals surface area (Å²) in [6.45, 7) is 6.39. The van der Waals surface area contributed by atoms with Crippen LogP contribution in [0.15, 0.2) is 85.1 Å². The number of hydrogen-bond donors (Lipinski definition) is 0. The van der Waals surface area contributed by atoms with Gasteiger partial charge in [-0.1, -0.05) is 189 Å². The predicted octanol–water partition coefficient (Wildman–Crippen LogP) is 16.4. The van der Waals surface area contributed by atoms with E-state index in [-0.39, 0.29) is 31.6 Å². The molecule has 0 heterocycles. The van der Waals surface area contributed by atoms with Gasteiger partial charge < -0.3 is 14.2 Å². The van der Waals surface area contributed by atoms with Crippen molar-refractivity contribution in [2.45, 2.75) is 232 Å². The molecule has 0 rings (SSSR count). The van der Waals surface area contributed by atoms with Crippen molar-refractivity contribution in [3.05, 3.63) is 85.1 Å². The van der Waals surface area contributed by atoms with Crippen molar-refractivity contribution < 1.29 is 28.6 Å². The Balaban J connectivity index is 4.46. The fourth-order valence-corrected chi connectivity index (χ4v) is 6.60. The standard InChI is InChI=1S/C55H92O6/c1-4-7-10-13-16-19-22-25-26-27-28-29-31-33-36-39-42-45-48-54(57)60-51-52(50-59-53(56)47-44-41-38-35-32-24-21-18-15-12-9-6-3)61-55(58)49-46-43-40-37-34-30-23-20-17-14-11-8-5-2/h8,11,17-22,26-27,30,34,40,43,52H,4-7,9-10,12-16,23-25,28-29,31-33,35-39,41-42,44-51H2,1-3H3/b11-8-,20-17-,21-18-,22-19-,27-26-,34-30-,43-40-. The van der Waals surface area contributed by atoms with Crippen LogP contribution in [0.5, 0.6) is 0 Å². The molecule has 6 heteroatoms. The van der Waals surface area contributed by atoms with Gasteiger partial charge in [0.15, 0.2) is 6.10 Å². The normalized spacial score (nSPS) is 12.8. The zero-order valence-electron chi connectivity index (χ0n) is 39.7. The molecule has 0 aromatic heterocycles. The van der Waals surface area contributed by atoms with E-state index in [1.165, 1.54) is 89.9 Å². The van der Waals surface area contributed by atoms with Crippen molar-refractivity contribution in [1.82, 2.24) is 0 Å². The van der Waals surface area contributed by atoms with Crippen molar-refractivity contribution in [2.24, 2.45) is 0 Å². The van der Waals surface area contributed by atoms with Gasteiger partial charge in [-0.15, -0.1) is 0 Å². The van der Waals surface area contributed by atoms with E-state index < -0.39 is 12.1 Å². The van der Waals surface area contributed by atoms with Crippen molar-refractivity contribution in [1.29, 1.82) is 0 Å². The van der Waals surface area contributed by atoms with E-state index in [9.17, 15) is 14.4 Å². The van der Waals surface area contributed by atoms with Crippen LogP contribution in [-0.4, -0.2) is 37.2 Å². The first-order chi connectivity index (χ1) is 30.0. The Bertz CT molecular complexity index is 1200. The Kier molecular flexibility index (Phi) is 46.5. The number of allylic oxidation sites excluding steroid dienone is 14. The first-order valence-corrected chi connectivity index (χ1v) is 25.1. The molecular weight excluding hydrogens is 757 g/mol.